The van der Waals surface area contributed by atoms with Gasteiger partial charge in [-0.3, -0.25) is 4.98 Å². The Morgan fingerprint density at radius 3 is 2.16 bits per heavy atom. The molecular weight excluding hydrogens is 956 g/mol. The van der Waals surface area contributed by atoms with Crippen LogP contribution in [0.4, 0.5) is 4.39 Å². The Hall–Kier alpha value is -5.04. The zero-order valence-corrected chi connectivity index (χ0v) is 37.3. The van der Waals surface area contributed by atoms with E-state index in [1.165, 1.54) is 36.2 Å². The molecule has 2 nitrogen and oxygen atoms in total. The number of aryl methyl sites for hydroxylation is 1. The van der Waals surface area contributed by atoms with Gasteiger partial charge in [0.15, 0.2) is 0 Å². The average molecular weight is 998 g/mol. The molecule has 0 saturated carbocycles. The molecule has 10 rings (SSSR count). The topological polar surface area (TPSA) is 25.8 Å². The van der Waals surface area contributed by atoms with Crippen molar-refractivity contribution in [1.82, 2.24) is 9.97 Å². The van der Waals surface area contributed by atoms with Crippen LogP contribution in [-0.2, 0) is 26.5 Å². The number of rotatable bonds is 5. The first-order valence-electron chi connectivity index (χ1n) is 19.8. The first-order valence-corrected chi connectivity index (χ1v) is 26.9. The van der Waals surface area contributed by atoms with Crippen LogP contribution in [0.1, 0.15) is 19.4 Å². The van der Waals surface area contributed by atoms with Crippen molar-refractivity contribution in [3.63, 3.8) is 0 Å². The maximum Gasteiger partial charge on any atom is 0.143 e. The van der Waals surface area contributed by atoms with Gasteiger partial charge >= 0.3 is 106 Å². The molecule has 7 aromatic carbocycles. The van der Waals surface area contributed by atoms with E-state index in [1.807, 2.05) is 42.5 Å². The largest absolute Gasteiger partial charge is 0.292 e. The molecule has 0 bridgehead atoms. The summed E-state index contributed by atoms with van der Waals surface area (Å²) < 4.78 is 36.5. The third kappa shape index (κ3) is 7.58. The van der Waals surface area contributed by atoms with E-state index in [2.05, 4.69) is 119 Å². The SMILES string of the molecule is Cc1cc(-c2[c-]cccc2)nc[c]1[Ge]([CH3])([CH3])[CH3].[2H]C([2H])(c1ccccc1)c1cc(-c2[c-]c3ccccc3c3c2sc2c4ccc5ccccc5c4ccc23)ncc1F.[Ir]. The summed E-state index contributed by atoms with van der Waals surface area (Å²) in [7, 11) is 0. The predicted molar refractivity (Wildman–Crippen MR) is 239 cm³/mol. The molecule has 3 aromatic heterocycles. The fraction of sp³-hybridized carbons (Fsp3) is 0.0980. The number of fused-ring (bicyclic) bond motifs is 9. The van der Waals surface area contributed by atoms with Crippen LogP contribution in [0.5, 0.6) is 0 Å². The van der Waals surface area contributed by atoms with E-state index in [1.54, 1.807) is 41.7 Å². The molecule has 0 saturated heterocycles. The fourth-order valence-corrected chi connectivity index (χ4v) is 12.6. The first-order chi connectivity index (χ1) is 28.0. The number of nitrogens with zero attached hydrogens (tertiary/aromatic N) is 2. The van der Waals surface area contributed by atoms with Gasteiger partial charge in [0.1, 0.15) is 5.82 Å². The first kappa shape index (κ1) is 36.3. The standard InChI is InChI=1S/C36H21FNS.C15H18GeN.Ir/c37-32-21-38-33(20-25(32)18-22-8-2-1-3-9-22)31-19-24-11-5-7-13-27(24)34-30-17-16-28-26-12-6-4-10-23(26)14-15-29(28)35(30)39-36(31)34;1-12-10-15(13-8-6-5-7-9-13)17-11-14(12)16(2,3)4;/h1-17,20-21H,18H2;5-8,10-11H,1-4H3;/q2*-1;/i18D2;;. The summed E-state index contributed by atoms with van der Waals surface area (Å²) >= 11 is -0.0814. The average Bonchev–Trinajstić information content (AvgIpc) is 3.64. The number of hydrogen-bond acceptors (Lipinski definition) is 3. The number of aromatic nitrogens is 2. The Labute approximate surface area is 356 Å². The number of hydrogen-bond donors (Lipinski definition) is 0. The van der Waals surface area contributed by atoms with Gasteiger partial charge in [0, 0.05) is 33.2 Å². The van der Waals surface area contributed by atoms with Crippen molar-refractivity contribution in [2.24, 2.45) is 0 Å². The van der Waals surface area contributed by atoms with Crippen molar-refractivity contribution in [3.8, 4) is 22.5 Å². The molecule has 281 valence electrons. The van der Waals surface area contributed by atoms with Gasteiger partial charge in [0.05, 0.1) is 6.20 Å². The molecule has 0 aliphatic heterocycles. The molecule has 0 amide bonds. The van der Waals surface area contributed by atoms with Crippen LogP contribution in [0.3, 0.4) is 0 Å². The zero-order chi connectivity index (χ0) is 40.2. The van der Waals surface area contributed by atoms with Gasteiger partial charge in [-0.05, 0) is 49.1 Å². The van der Waals surface area contributed by atoms with Gasteiger partial charge in [0.2, 0.25) is 0 Å². The van der Waals surface area contributed by atoms with Crippen molar-refractivity contribution in [2.45, 2.75) is 30.6 Å². The summed E-state index contributed by atoms with van der Waals surface area (Å²) in [6, 6.07) is 52.6. The van der Waals surface area contributed by atoms with Crippen LogP contribution < -0.4 is 4.40 Å². The van der Waals surface area contributed by atoms with E-state index >= 15 is 4.39 Å². The second-order valence-electron chi connectivity index (χ2n) is 15.1. The molecule has 6 heteroatoms. The van der Waals surface area contributed by atoms with E-state index < -0.39 is 25.5 Å². The summed E-state index contributed by atoms with van der Waals surface area (Å²) in [4.78, 5) is 9.07. The van der Waals surface area contributed by atoms with E-state index in [4.69, 9.17) is 2.74 Å². The maximum atomic E-state index is 15.2. The Morgan fingerprint density at radius 1 is 0.684 bits per heavy atom. The summed E-state index contributed by atoms with van der Waals surface area (Å²) in [6.07, 6.45) is 1.18. The molecule has 0 N–H and O–H groups in total. The molecule has 3 heterocycles. The van der Waals surface area contributed by atoms with Crippen molar-refractivity contribution in [2.75, 3.05) is 0 Å². The van der Waals surface area contributed by atoms with E-state index in [9.17, 15) is 0 Å². The van der Waals surface area contributed by atoms with Crippen LogP contribution in [0, 0.1) is 24.9 Å². The molecule has 10 aromatic rings. The summed E-state index contributed by atoms with van der Waals surface area (Å²) in [5.74, 6) is 6.53. The van der Waals surface area contributed by atoms with Gasteiger partial charge in [0.25, 0.3) is 0 Å². The molecule has 0 atom stereocenters. The van der Waals surface area contributed by atoms with Gasteiger partial charge in [-0.1, -0.05) is 119 Å². The molecule has 0 aliphatic rings. The summed E-state index contributed by atoms with van der Waals surface area (Å²) in [5, 5.41) is 9.11. The van der Waals surface area contributed by atoms with Crippen molar-refractivity contribution in [1.29, 1.82) is 0 Å². The second kappa shape index (κ2) is 16.1. The Balaban J connectivity index is 0.000000227. The van der Waals surface area contributed by atoms with Crippen LogP contribution in [0.25, 0.3) is 75.0 Å². The van der Waals surface area contributed by atoms with Gasteiger partial charge in [-0.25, -0.2) is 4.39 Å². The van der Waals surface area contributed by atoms with Gasteiger partial charge in [-0.2, -0.15) is 11.3 Å². The van der Waals surface area contributed by atoms with Crippen LogP contribution in [0.15, 0.2) is 152 Å². The molecule has 0 fully saturated rings. The normalized spacial score (nSPS) is 12.3. The molecule has 0 unspecified atom stereocenters. The van der Waals surface area contributed by atoms with Crippen LogP contribution >= 0.6 is 11.3 Å². The van der Waals surface area contributed by atoms with Crippen LogP contribution in [0.2, 0.25) is 17.3 Å². The maximum absolute atomic E-state index is 15.2. The van der Waals surface area contributed by atoms with Crippen molar-refractivity contribution >= 4 is 81.5 Å². The van der Waals surface area contributed by atoms with Crippen LogP contribution in [-0.4, -0.2) is 23.2 Å². The third-order valence-electron chi connectivity index (χ3n) is 10.3. The van der Waals surface area contributed by atoms with Crippen molar-refractivity contribution < 1.29 is 27.2 Å². The quantitative estimate of drug-likeness (QED) is 0.0975. The minimum absolute atomic E-state index is 0. The minimum Gasteiger partial charge on any atom is -0.292 e. The Morgan fingerprint density at radius 2 is 1.39 bits per heavy atom. The number of pyridine rings is 2. The van der Waals surface area contributed by atoms with E-state index in [0.29, 0.717) is 11.3 Å². The van der Waals surface area contributed by atoms with E-state index in [-0.39, 0.29) is 25.7 Å². The van der Waals surface area contributed by atoms with Gasteiger partial charge in [-0.15, -0.1) is 17.5 Å². The summed E-state index contributed by atoms with van der Waals surface area (Å²) in [5.41, 5.74) is 5.07. The molecule has 0 aliphatic carbocycles. The predicted octanol–water partition coefficient (Wildman–Crippen LogP) is 13.5. The smallest absolute Gasteiger partial charge is 0.143 e. The van der Waals surface area contributed by atoms with Crippen molar-refractivity contribution in [3.05, 3.63) is 187 Å². The van der Waals surface area contributed by atoms with Gasteiger partial charge < -0.3 is 0 Å². The molecule has 0 spiro atoms. The Kier molecular flexibility index (Phi) is 10.2. The number of thiophene rings is 1. The minimum atomic E-state index is -2.03. The number of halogens is 1. The number of benzene rings is 7. The third-order valence-corrected chi connectivity index (χ3v) is 16.1. The zero-order valence-electron chi connectivity index (χ0n) is 33.9. The fourth-order valence-electron chi connectivity index (χ4n) is 7.66. The molecule has 57 heavy (non-hydrogen) atoms. The Bertz CT molecular complexity index is 3170. The summed E-state index contributed by atoms with van der Waals surface area (Å²) in [6.45, 7) is 2.19. The second-order valence-corrected chi connectivity index (χ2v) is 26.7. The molecular formula is C51H39FGeIrN2S-2. The molecule has 1 radical (unpaired) electrons. The van der Waals surface area contributed by atoms with E-state index in [0.717, 1.165) is 49.3 Å². The monoisotopic (exact) mass is 999 g/mol.